The lowest BCUT2D eigenvalue weighted by Crippen LogP contribution is -2.03. The predicted octanol–water partition coefficient (Wildman–Crippen LogP) is 1.73. The van der Waals surface area contributed by atoms with Gasteiger partial charge in [0, 0.05) is 37.5 Å². The van der Waals surface area contributed by atoms with Gasteiger partial charge in [-0.05, 0) is 18.9 Å². The van der Waals surface area contributed by atoms with Gasteiger partial charge in [0.2, 0.25) is 0 Å². The van der Waals surface area contributed by atoms with Crippen molar-refractivity contribution in [2.24, 2.45) is 5.92 Å². The standard InChI is InChI=1S/C11H15NO2/c1-14-7-6-12-5-4-10(8-12)11(13)9-2-3-9/h4-5,8-9H,2-3,6-7H2,1H3. The maximum absolute atomic E-state index is 11.6. The normalized spacial score (nSPS) is 15.8. The number of Topliss-reactive ketones (excluding diaryl/α,β-unsaturated/α-hetero) is 1. The first kappa shape index (κ1) is 9.46. The van der Waals surface area contributed by atoms with Crippen molar-refractivity contribution in [1.82, 2.24) is 4.57 Å². The number of hydrogen-bond donors (Lipinski definition) is 0. The van der Waals surface area contributed by atoms with Gasteiger partial charge < -0.3 is 9.30 Å². The van der Waals surface area contributed by atoms with Gasteiger partial charge in [-0.25, -0.2) is 0 Å². The van der Waals surface area contributed by atoms with Gasteiger partial charge >= 0.3 is 0 Å². The lowest BCUT2D eigenvalue weighted by molar-refractivity contribution is 0.0967. The summed E-state index contributed by atoms with van der Waals surface area (Å²) in [5.74, 6) is 0.620. The molecule has 1 aromatic rings. The second-order valence-corrected chi connectivity index (χ2v) is 3.77. The highest BCUT2D eigenvalue weighted by Gasteiger charge is 2.30. The molecule has 0 atom stereocenters. The molecule has 0 aliphatic heterocycles. The molecule has 0 unspecified atom stereocenters. The van der Waals surface area contributed by atoms with Crippen molar-refractivity contribution in [3.05, 3.63) is 24.0 Å². The van der Waals surface area contributed by atoms with Crippen LogP contribution in [0.4, 0.5) is 0 Å². The van der Waals surface area contributed by atoms with Gasteiger partial charge in [0.1, 0.15) is 0 Å². The van der Waals surface area contributed by atoms with Gasteiger partial charge in [0.05, 0.1) is 6.61 Å². The zero-order chi connectivity index (χ0) is 9.97. The Morgan fingerprint density at radius 2 is 2.43 bits per heavy atom. The zero-order valence-corrected chi connectivity index (χ0v) is 8.40. The van der Waals surface area contributed by atoms with Gasteiger partial charge in [-0.15, -0.1) is 0 Å². The fraction of sp³-hybridized carbons (Fsp3) is 0.545. The van der Waals surface area contributed by atoms with Crippen LogP contribution in [0.3, 0.4) is 0 Å². The van der Waals surface area contributed by atoms with Crippen LogP contribution in [0.2, 0.25) is 0 Å². The third-order valence-electron chi connectivity index (χ3n) is 2.54. The summed E-state index contributed by atoms with van der Waals surface area (Å²) in [5, 5.41) is 0. The average Bonchev–Trinajstić information content (AvgIpc) is 2.94. The van der Waals surface area contributed by atoms with Gasteiger partial charge in [-0.1, -0.05) is 0 Å². The predicted molar refractivity (Wildman–Crippen MR) is 53.4 cm³/mol. The van der Waals surface area contributed by atoms with E-state index in [0.29, 0.717) is 18.3 Å². The Hall–Kier alpha value is -1.09. The lowest BCUT2D eigenvalue weighted by atomic mass is 10.1. The van der Waals surface area contributed by atoms with Crippen molar-refractivity contribution >= 4 is 5.78 Å². The molecule has 1 fully saturated rings. The Kier molecular flexibility index (Phi) is 2.68. The lowest BCUT2D eigenvalue weighted by Gasteiger charge is -1.99. The van der Waals surface area contributed by atoms with Crippen LogP contribution in [0.15, 0.2) is 18.5 Å². The summed E-state index contributed by atoms with van der Waals surface area (Å²) in [6.07, 6.45) is 6.00. The van der Waals surface area contributed by atoms with Crippen molar-refractivity contribution in [3.63, 3.8) is 0 Å². The molecule has 0 bridgehead atoms. The molecule has 3 heteroatoms. The first-order valence-corrected chi connectivity index (χ1v) is 5.00. The summed E-state index contributed by atoms with van der Waals surface area (Å²) in [6.45, 7) is 1.50. The molecule has 14 heavy (non-hydrogen) atoms. The number of methoxy groups -OCH3 is 1. The molecule has 0 amide bonds. The first-order valence-electron chi connectivity index (χ1n) is 5.00. The molecule has 1 aliphatic rings. The van der Waals surface area contributed by atoms with E-state index < -0.39 is 0 Å². The maximum Gasteiger partial charge on any atom is 0.167 e. The van der Waals surface area contributed by atoms with Gasteiger partial charge in [0.25, 0.3) is 0 Å². The Morgan fingerprint density at radius 3 is 3.07 bits per heavy atom. The molecule has 0 saturated heterocycles. The van der Waals surface area contributed by atoms with E-state index in [2.05, 4.69) is 0 Å². The third-order valence-corrected chi connectivity index (χ3v) is 2.54. The summed E-state index contributed by atoms with van der Waals surface area (Å²) in [7, 11) is 1.68. The van der Waals surface area contributed by atoms with Crippen molar-refractivity contribution in [1.29, 1.82) is 0 Å². The molecule has 76 valence electrons. The monoisotopic (exact) mass is 193 g/mol. The Labute approximate surface area is 83.7 Å². The van der Waals surface area contributed by atoms with E-state index in [4.69, 9.17) is 4.74 Å². The number of aromatic nitrogens is 1. The van der Waals surface area contributed by atoms with E-state index >= 15 is 0 Å². The molecule has 1 heterocycles. The van der Waals surface area contributed by atoms with Crippen LogP contribution in [0.5, 0.6) is 0 Å². The number of rotatable bonds is 5. The first-order chi connectivity index (χ1) is 6.81. The highest BCUT2D eigenvalue weighted by atomic mass is 16.5. The molecular weight excluding hydrogens is 178 g/mol. The second kappa shape index (κ2) is 3.96. The van der Waals surface area contributed by atoms with E-state index in [1.165, 1.54) is 0 Å². The largest absolute Gasteiger partial charge is 0.383 e. The van der Waals surface area contributed by atoms with E-state index in [9.17, 15) is 4.79 Å². The minimum atomic E-state index is 0.307. The van der Waals surface area contributed by atoms with E-state index in [1.54, 1.807) is 7.11 Å². The van der Waals surface area contributed by atoms with Crippen LogP contribution in [0, 0.1) is 5.92 Å². The average molecular weight is 193 g/mol. The third kappa shape index (κ3) is 2.04. The Balaban J connectivity index is 1.98. The Morgan fingerprint density at radius 1 is 1.64 bits per heavy atom. The Bertz CT molecular complexity index is 326. The smallest absolute Gasteiger partial charge is 0.167 e. The molecule has 0 spiro atoms. The number of carbonyl (C=O) groups excluding carboxylic acids is 1. The van der Waals surface area contributed by atoms with Crippen molar-refractivity contribution in [2.45, 2.75) is 19.4 Å². The highest BCUT2D eigenvalue weighted by Crippen LogP contribution is 2.32. The zero-order valence-electron chi connectivity index (χ0n) is 8.40. The van der Waals surface area contributed by atoms with Crippen LogP contribution in [-0.4, -0.2) is 24.1 Å². The van der Waals surface area contributed by atoms with Crippen molar-refractivity contribution in [2.75, 3.05) is 13.7 Å². The quantitative estimate of drug-likeness (QED) is 0.667. The van der Waals surface area contributed by atoms with Gasteiger partial charge in [0.15, 0.2) is 5.78 Å². The van der Waals surface area contributed by atoms with Gasteiger partial charge in [-0.3, -0.25) is 4.79 Å². The van der Waals surface area contributed by atoms with Crippen molar-refractivity contribution < 1.29 is 9.53 Å². The van der Waals surface area contributed by atoms with Crippen LogP contribution < -0.4 is 0 Å². The van der Waals surface area contributed by atoms with Crippen LogP contribution in [0.25, 0.3) is 0 Å². The molecule has 1 saturated carbocycles. The molecule has 1 aliphatic carbocycles. The summed E-state index contributed by atoms with van der Waals surface area (Å²) in [4.78, 5) is 11.6. The highest BCUT2D eigenvalue weighted by molar-refractivity contribution is 5.99. The molecular formula is C11H15NO2. The fourth-order valence-corrected chi connectivity index (χ4v) is 1.50. The van der Waals surface area contributed by atoms with E-state index in [-0.39, 0.29) is 0 Å². The van der Waals surface area contributed by atoms with Crippen LogP contribution in [0.1, 0.15) is 23.2 Å². The molecule has 0 aromatic carbocycles. The van der Waals surface area contributed by atoms with Gasteiger partial charge in [-0.2, -0.15) is 0 Å². The van der Waals surface area contributed by atoms with Crippen molar-refractivity contribution in [3.8, 4) is 0 Å². The molecule has 0 N–H and O–H groups in total. The maximum atomic E-state index is 11.6. The fourth-order valence-electron chi connectivity index (χ4n) is 1.50. The number of hydrogen-bond acceptors (Lipinski definition) is 2. The summed E-state index contributed by atoms with van der Waals surface area (Å²) < 4.78 is 6.97. The van der Waals surface area contributed by atoms with Crippen LogP contribution in [-0.2, 0) is 11.3 Å². The summed E-state index contributed by atoms with van der Waals surface area (Å²) in [6, 6.07) is 1.90. The number of nitrogens with zero attached hydrogens (tertiary/aromatic N) is 1. The number of carbonyl (C=O) groups is 1. The second-order valence-electron chi connectivity index (χ2n) is 3.77. The van der Waals surface area contributed by atoms with Crippen LogP contribution >= 0.6 is 0 Å². The topological polar surface area (TPSA) is 31.2 Å². The minimum Gasteiger partial charge on any atom is -0.383 e. The molecule has 3 nitrogen and oxygen atoms in total. The van der Waals surface area contributed by atoms with E-state index in [1.807, 2.05) is 23.0 Å². The molecule has 0 radical (unpaired) electrons. The summed E-state index contributed by atoms with van der Waals surface area (Å²) >= 11 is 0. The SMILES string of the molecule is COCCn1ccc(C(=O)C2CC2)c1. The minimum absolute atomic E-state index is 0.307. The molecule has 1 aromatic heterocycles. The number of ether oxygens (including phenoxy) is 1. The summed E-state index contributed by atoms with van der Waals surface area (Å²) in [5.41, 5.74) is 0.851. The van der Waals surface area contributed by atoms with E-state index in [0.717, 1.165) is 24.9 Å². The molecule has 2 rings (SSSR count). The number of ketones is 1.